The molecule has 0 heterocycles. The Morgan fingerprint density at radius 3 is 1.33 bits per heavy atom. The molecule has 0 unspecified atom stereocenters. The maximum absolute atomic E-state index is 3.56. The summed E-state index contributed by atoms with van der Waals surface area (Å²) in [6, 6.07) is 0. The van der Waals surface area contributed by atoms with Gasteiger partial charge in [-0.05, 0) is 13.8 Å². The van der Waals surface area contributed by atoms with Crippen molar-refractivity contribution in [3.05, 3.63) is 62.8 Å². The van der Waals surface area contributed by atoms with Gasteiger partial charge in [-0.25, -0.2) is 0 Å². The predicted molar refractivity (Wildman–Crippen MR) is 61.3 cm³/mol. The van der Waals surface area contributed by atoms with Gasteiger partial charge in [0, 0.05) is 0 Å². The Morgan fingerprint density at radius 2 is 1.33 bits per heavy atom. The van der Waals surface area contributed by atoms with E-state index in [1.54, 1.807) is 12.2 Å². The molecule has 0 fully saturated rings. The second-order valence-corrected chi connectivity index (χ2v) is 1.71. The van der Waals surface area contributed by atoms with Gasteiger partial charge in [0.2, 0.25) is 0 Å². The van der Waals surface area contributed by atoms with Gasteiger partial charge in [-0.1, -0.05) is 49.6 Å². The van der Waals surface area contributed by atoms with Crippen molar-refractivity contribution in [3.63, 3.8) is 0 Å². The van der Waals surface area contributed by atoms with Crippen LogP contribution in [0.1, 0.15) is 13.8 Å². The lowest BCUT2D eigenvalue weighted by Crippen LogP contribution is -1.57. The highest BCUT2D eigenvalue weighted by Gasteiger charge is 1.66. The quantitative estimate of drug-likeness (QED) is 0.421. The summed E-state index contributed by atoms with van der Waals surface area (Å²) in [7, 11) is 0. The Morgan fingerprint density at radius 1 is 1.00 bits per heavy atom. The number of rotatable bonds is 2. The van der Waals surface area contributed by atoms with Gasteiger partial charge in [0.15, 0.2) is 0 Å². The van der Waals surface area contributed by atoms with Crippen LogP contribution in [0.4, 0.5) is 0 Å². The molecule has 0 nitrogen and oxygen atoms in total. The first-order valence-corrected chi connectivity index (χ1v) is 3.71. The molecule has 0 aromatic heterocycles. The van der Waals surface area contributed by atoms with Crippen molar-refractivity contribution < 1.29 is 0 Å². The zero-order chi connectivity index (χ0) is 10.4. The van der Waals surface area contributed by atoms with Crippen molar-refractivity contribution in [2.24, 2.45) is 0 Å². The van der Waals surface area contributed by atoms with Crippen LogP contribution in [0.2, 0.25) is 0 Å². The summed E-state index contributed by atoms with van der Waals surface area (Å²) < 4.78 is 0. The van der Waals surface area contributed by atoms with Crippen molar-refractivity contribution in [1.29, 1.82) is 0 Å². The molecule has 0 aliphatic carbocycles. The fraction of sp³-hybridized carbons (Fsp3) is 0.167. The van der Waals surface area contributed by atoms with Gasteiger partial charge in [0.25, 0.3) is 0 Å². The maximum Gasteiger partial charge on any atom is -0.0401 e. The average molecular weight is 164 g/mol. The minimum Gasteiger partial charge on any atom is -0.106 e. The molecule has 0 aromatic rings. The minimum atomic E-state index is 1.23. The van der Waals surface area contributed by atoms with E-state index in [1.165, 1.54) is 5.57 Å². The van der Waals surface area contributed by atoms with Crippen molar-refractivity contribution in [2.45, 2.75) is 13.8 Å². The second kappa shape index (κ2) is 22.6. The molecular formula is C12H20. The average Bonchev–Trinajstić information content (AvgIpc) is 2.20. The standard InChI is InChI=1S/C6H10.C4H6.C2H4/c1-4-6(3)5-2;1-3-4-2;1-2/h4-5H,1H2,2-3H3;3-4H,1-2H2;1-2H2/b6-5-;;. The summed E-state index contributed by atoms with van der Waals surface area (Å²) >= 11 is 0. The Balaban J connectivity index is -0.000000118. The highest BCUT2D eigenvalue weighted by atomic mass is 13.7. The summed E-state index contributed by atoms with van der Waals surface area (Å²) in [5.41, 5.74) is 1.23. The Labute approximate surface area is 77.3 Å². The lowest BCUT2D eigenvalue weighted by atomic mass is 10.3. The van der Waals surface area contributed by atoms with Crippen LogP contribution in [-0.4, -0.2) is 0 Å². The summed E-state index contributed by atoms with van der Waals surface area (Å²) in [4.78, 5) is 0. The molecule has 0 saturated carbocycles. The third-order valence-corrected chi connectivity index (χ3v) is 0.944. The molecule has 0 heteroatoms. The van der Waals surface area contributed by atoms with Crippen molar-refractivity contribution in [2.75, 3.05) is 0 Å². The fourth-order valence-electron chi connectivity index (χ4n) is 0.118. The van der Waals surface area contributed by atoms with E-state index < -0.39 is 0 Å². The van der Waals surface area contributed by atoms with Crippen LogP contribution in [-0.2, 0) is 0 Å². The molecule has 0 radical (unpaired) electrons. The van der Waals surface area contributed by atoms with Gasteiger partial charge < -0.3 is 0 Å². The summed E-state index contributed by atoms with van der Waals surface area (Å²) in [5.74, 6) is 0. The Hall–Kier alpha value is -1.30. The molecule has 0 spiro atoms. The molecule has 0 aromatic carbocycles. The lowest BCUT2D eigenvalue weighted by molar-refractivity contribution is 1.49. The molecule has 0 aliphatic heterocycles. The van der Waals surface area contributed by atoms with Gasteiger partial charge in [0.1, 0.15) is 0 Å². The summed E-state index contributed by atoms with van der Waals surface area (Å²) in [6.45, 7) is 20.3. The molecule has 0 N–H and O–H groups in total. The van der Waals surface area contributed by atoms with Crippen molar-refractivity contribution in [1.82, 2.24) is 0 Å². The molecule has 0 atom stereocenters. The normalized spacial score (nSPS) is 7.67. The topological polar surface area (TPSA) is 0 Å². The zero-order valence-corrected chi connectivity index (χ0v) is 8.34. The zero-order valence-electron chi connectivity index (χ0n) is 8.34. The Bertz CT molecular complexity index is 132. The first-order valence-electron chi connectivity index (χ1n) is 3.71. The highest BCUT2D eigenvalue weighted by molar-refractivity contribution is 5.10. The van der Waals surface area contributed by atoms with E-state index >= 15 is 0 Å². The van der Waals surface area contributed by atoms with E-state index in [4.69, 9.17) is 0 Å². The molecular weight excluding hydrogens is 144 g/mol. The van der Waals surface area contributed by atoms with Crippen LogP contribution in [0.3, 0.4) is 0 Å². The third kappa shape index (κ3) is 37.7. The number of allylic oxidation sites excluding steroid dienone is 5. The van der Waals surface area contributed by atoms with E-state index in [2.05, 4.69) is 32.9 Å². The fourth-order valence-corrected chi connectivity index (χ4v) is 0.118. The predicted octanol–water partition coefficient (Wildman–Crippen LogP) is 4.30. The summed E-state index contributed by atoms with van der Waals surface area (Å²) in [5, 5.41) is 0. The molecule has 0 rings (SSSR count). The van der Waals surface area contributed by atoms with E-state index in [1.807, 2.05) is 26.0 Å². The Kier molecular flexibility index (Phi) is 32.0. The molecule has 68 valence electrons. The minimum absolute atomic E-state index is 1.23. The SMILES string of the molecule is C=C.C=C/C(C)=C\C.C=CC=C. The molecule has 0 aliphatic rings. The molecule has 0 saturated heterocycles. The molecule has 0 bridgehead atoms. The van der Waals surface area contributed by atoms with Gasteiger partial charge in [0.05, 0.1) is 0 Å². The third-order valence-electron chi connectivity index (χ3n) is 0.944. The van der Waals surface area contributed by atoms with E-state index in [0.717, 1.165) is 0 Å². The monoisotopic (exact) mass is 164 g/mol. The lowest BCUT2D eigenvalue weighted by Gasteiger charge is -1.78. The van der Waals surface area contributed by atoms with E-state index in [-0.39, 0.29) is 0 Å². The number of hydrogen-bond donors (Lipinski definition) is 0. The van der Waals surface area contributed by atoms with Crippen LogP contribution in [0.25, 0.3) is 0 Å². The van der Waals surface area contributed by atoms with Crippen molar-refractivity contribution in [3.8, 4) is 0 Å². The summed E-state index contributed by atoms with van der Waals surface area (Å²) in [6.07, 6.45) is 7.13. The van der Waals surface area contributed by atoms with E-state index in [9.17, 15) is 0 Å². The maximum atomic E-state index is 3.56. The highest BCUT2D eigenvalue weighted by Crippen LogP contribution is 1.88. The van der Waals surface area contributed by atoms with Gasteiger partial charge >= 0.3 is 0 Å². The van der Waals surface area contributed by atoms with Crippen molar-refractivity contribution >= 4 is 0 Å². The first kappa shape index (κ1) is 17.0. The second-order valence-electron chi connectivity index (χ2n) is 1.71. The first-order chi connectivity index (χ1) is 5.72. The van der Waals surface area contributed by atoms with Crippen LogP contribution in [0, 0.1) is 0 Å². The van der Waals surface area contributed by atoms with E-state index in [0.29, 0.717) is 0 Å². The number of hydrogen-bond acceptors (Lipinski definition) is 0. The van der Waals surface area contributed by atoms with Crippen LogP contribution < -0.4 is 0 Å². The van der Waals surface area contributed by atoms with Gasteiger partial charge in [-0.15, -0.1) is 13.2 Å². The van der Waals surface area contributed by atoms with Gasteiger partial charge in [-0.3, -0.25) is 0 Å². The van der Waals surface area contributed by atoms with Gasteiger partial charge in [-0.2, -0.15) is 0 Å². The molecule has 12 heavy (non-hydrogen) atoms. The largest absolute Gasteiger partial charge is 0.106 e. The molecule has 0 amide bonds. The van der Waals surface area contributed by atoms with Crippen LogP contribution in [0.15, 0.2) is 62.8 Å². The van der Waals surface area contributed by atoms with Crippen LogP contribution in [0.5, 0.6) is 0 Å². The smallest absolute Gasteiger partial charge is 0.0401 e. The van der Waals surface area contributed by atoms with Crippen LogP contribution >= 0.6 is 0 Å².